The van der Waals surface area contributed by atoms with E-state index in [9.17, 15) is 9.18 Å². The van der Waals surface area contributed by atoms with Crippen LogP contribution in [0.15, 0.2) is 30.1 Å². The van der Waals surface area contributed by atoms with Gasteiger partial charge in [-0.3, -0.25) is 0 Å². The van der Waals surface area contributed by atoms with Gasteiger partial charge in [0.25, 0.3) is 0 Å². The minimum atomic E-state index is -1.18. The minimum Gasteiger partial charge on any atom is -0.478 e. The van der Waals surface area contributed by atoms with E-state index in [0.717, 1.165) is 0 Å². The van der Waals surface area contributed by atoms with Crippen LogP contribution in [0.3, 0.4) is 0 Å². The Labute approximate surface area is 98.0 Å². The fraction of sp³-hybridized carbons (Fsp3) is 0.250. The zero-order valence-electron chi connectivity index (χ0n) is 9.26. The van der Waals surface area contributed by atoms with E-state index in [1.54, 1.807) is 0 Å². The van der Waals surface area contributed by atoms with Crippen molar-refractivity contribution >= 4 is 12.0 Å². The highest BCUT2D eigenvalue weighted by molar-refractivity contribution is 5.87. The van der Waals surface area contributed by atoms with Crippen molar-refractivity contribution in [1.29, 1.82) is 0 Å². The van der Waals surface area contributed by atoms with Crippen molar-refractivity contribution in [2.24, 2.45) is 0 Å². The van der Waals surface area contributed by atoms with Gasteiger partial charge in [0.05, 0.1) is 12.0 Å². The maximum Gasteiger partial charge on any atom is 0.335 e. The van der Waals surface area contributed by atoms with Gasteiger partial charge in [0.2, 0.25) is 0 Å². The minimum absolute atomic E-state index is 0.138. The predicted molar refractivity (Wildman–Crippen MR) is 60.1 cm³/mol. The molecule has 0 bridgehead atoms. The van der Waals surface area contributed by atoms with Crippen LogP contribution < -0.4 is 0 Å². The largest absolute Gasteiger partial charge is 0.478 e. The van der Waals surface area contributed by atoms with E-state index in [0.29, 0.717) is 5.56 Å². The van der Waals surface area contributed by atoms with Gasteiger partial charge >= 0.3 is 5.97 Å². The summed E-state index contributed by atoms with van der Waals surface area (Å²) in [5, 5.41) is 17.7. The Balaban J connectivity index is 2.73. The number of aliphatic hydroxyl groups excluding tert-OH is 1. The first-order valence-electron chi connectivity index (χ1n) is 4.93. The second kappa shape index (κ2) is 6.12. The maximum atomic E-state index is 13.3. The molecule has 1 rings (SSSR count). The molecule has 1 unspecified atom stereocenters. The van der Waals surface area contributed by atoms with Gasteiger partial charge in [-0.1, -0.05) is 12.1 Å². The van der Waals surface area contributed by atoms with Crippen molar-refractivity contribution in [1.82, 2.24) is 0 Å². The Morgan fingerprint density at radius 3 is 2.53 bits per heavy atom. The van der Waals surface area contributed by atoms with Gasteiger partial charge in [0.15, 0.2) is 6.29 Å². The fourth-order valence-corrected chi connectivity index (χ4v) is 1.21. The lowest BCUT2D eigenvalue weighted by atomic mass is 10.1. The molecule has 4 nitrogen and oxygen atoms in total. The van der Waals surface area contributed by atoms with Gasteiger partial charge in [-0.2, -0.15) is 0 Å². The number of ether oxygens (including phenoxy) is 1. The van der Waals surface area contributed by atoms with Gasteiger partial charge < -0.3 is 14.9 Å². The summed E-state index contributed by atoms with van der Waals surface area (Å²) in [4.78, 5) is 10.6. The van der Waals surface area contributed by atoms with E-state index >= 15 is 0 Å². The normalized spacial score (nSPS) is 13.5. The van der Waals surface area contributed by atoms with Crippen LogP contribution in [0.2, 0.25) is 0 Å². The highest BCUT2D eigenvalue weighted by atomic mass is 19.1. The Morgan fingerprint density at radius 2 is 2.06 bits per heavy atom. The fourth-order valence-electron chi connectivity index (χ4n) is 1.21. The van der Waals surface area contributed by atoms with Crippen LogP contribution in [0, 0.1) is 0 Å². The Kier molecular flexibility index (Phi) is 4.81. The standard InChI is InChI=1S/C12H13FO4/c1-17-11(14)7-10(13)6-8-2-4-9(5-3-8)12(15)16/h2-6,11,14H,7H2,1H3,(H,15,16)/b10-6-. The molecule has 0 spiro atoms. The number of aliphatic hydroxyl groups is 1. The molecule has 1 atom stereocenters. The Hall–Kier alpha value is -1.72. The van der Waals surface area contributed by atoms with Crippen LogP contribution in [-0.4, -0.2) is 29.6 Å². The summed E-state index contributed by atoms with van der Waals surface area (Å²) in [5.41, 5.74) is 0.662. The molecule has 0 fully saturated rings. The van der Waals surface area contributed by atoms with Gasteiger partial charge in [-0.25, -0.2) is 9.18 Å². The molecule has 5 heteroatoms. The molecule has 0 aliphatic heterocycles. The SMILES string of the molecule is COC(O)C/C(F)=C/c1ccc(C(=O)O)cc1. The average Bonchev–Trinajstić information content (AvgIpc) is 2.29. The number of carboxylic acids is 1. The van der Waals surface area contributed by atoms with Crippen LogP contribution in [0.25, 0.3) is 6.08 Å². The highest BCUT2D eigenvalue weighted by Gasteiger charge is 2.06. The van der Waals surface area contributed by atoms with Crippen molar-refractivity contribution in [3.8, 4) is 0 Å². The first kappa shape index (κ1) is 13.3. The van der Waals surface area contributed by atoms with Crippen LogP contribution in [0.5, 0.6) is 0 Å². The molecule has 17 heavy (non-hydrogen) atoms. The van der Waals surface area contributed by atoms with Crippen LogP contribution in [0.4, 0.5) is 4.39 Å². The summed E-state index contributed by atoms with van der Waals surface area (Å²) in [7, 11) is 1.28. The number of carbonyl (C=O) groups is 1. The lowest BCUT2D eigenvalue weighted by Crippen LogP contribution is -2.08. The second-order valence-electron chi connectivity index (χ2n) is 3.41. The molecule has 1 aromatic rings. The molecule has 0 radical (unpaired) electrons. The highest BCUT2D eigenvalue weighted by Crippen LogP contribution is 2.14. The number of hydrogen-bond acceptors (Lipinski definition) is 3. The molecule has 0 saturated heterocycles. The zero-order valence-corrected chi connectivity index (χ0v) is 9.26. The molecule has 2 N–H and O–H groups in total. The lowest BCUT2D eigenvalue weighted by molar-refractivity contribution is -0.0744. The number of aromatic carboxylic acids is 1. The molecular formula is C12H13FO4. The first-order valence-corrected chi connectivity index (χ1v) is 4.93. The third kappa shape index (κ3) is 4.34. The average molecular weight is 240 g/mol. The number of methoxy groups -OCH3 is 1. The molecule has 0 aromatic heterocycles. The summed E-state index contributed by atoms with van der Waals surface area (Å²) >= 11 is 0. The number of rotatable bonds is 5. The topological polar surface area (TPSA) is 66.8 Å². The van der Waals surface area contributed by atoms with Crippen LogP contribution in [0.1, 0.15) is 22.3 Å². The molecule has 1 aromatic carbocycles. The van der Waals surface area contributed by atoms with E-state index < -0.39 is 18.1 Å². The third-order valence-corrected chi connectivity index (χ3v) is 2.12. The molecule has 0 saturated carbocycles. The molecule has 0 amide bonds. The Bertz CT molecular complexity index is 411. The summed E-state index contributed by atoms with van der Waals surface area (Å²) in [6.07, 6.45) is -0.199. The van der Waals surface area contributed by atoms with Crippen molar-refractivity contribution in [2.45, 2.75) is 12.7 Å². The summed E-state index contributed by atoms with van der Waals surface area (Å²) in [6, 6.07) is 5.74. The van der Waals surface area contributed by atoms with E-state index in [2.05, 4.69) is 4.74 Å². The monoisotopic (exact) mass is 240 g/mol. The summed E-state index contributed by atoms with van der Waals surface area (Å²) < 4.78 is 17.8. The van der Waals surface area contributed by atoms with Gasteiger partial charge in [-0.15, -0.1) is 0 Å². The summed E-state index contributed by atoms with van der Waals surface area (Å²) in [5.74, 6) is -1.57. The van der Waals surface area contributed by atoms with E-state index in [1.165, 1.54) is 37.5 Å². The quantitative estimate of drug-likeness (QED) is 0.773. The van der Waals surface area contributed by atoms with Crippen molar-refractivity contribution < 1.29 is 24.1 Å². The zero-order chi connectivity index (χ0) is 12.8. The van der Waals surface area contributed by atoms with Crippen LogP contribution in [-0.2, 0) is 4.74 Å². The van der Waals surface area contributed by atoms with E-state index in [-0.39, 0.29) is 12.0 Å². The number of hydrogen-bond donors (Lipinski definition) is 2. The van der Waals surface area contributed by atoms with E-state index in [4.69, 9.17) is 10.2 Å². The Morgan fingerprint density at radius 1 is 1.47 bits per heavy atom. The van der Waals surface area contributed by atoms with Crippen molar-refractivity contribution in [3.05, 3.63) is 41.2 Å². The number of carboxylic acid groups (broad SMARTS) is 1. The van der Waals surface area contributed by atoms with Crippen LogP contribution >= 0.6 is 0 Å². The maximum absolute atomic E-state index is 13.3. The van der Waals surface area contributed by atoms with Gasteiger partial charge in [0.1, 0.15) is 5.83 Å². The van der Waals surface area contributed by atoms with E-state index in [1.807, 2.05) is 0 Å². The molecule has 0 aliphatic carbocycles. The van der Waals surface area contributed by atoms with Crippen molar-refractivity contribution in [3.63, 3.8) is 0 Å². The van der Waals surface area contributed by atoms with Crippen molar-refractivity contribution in [2.75, 3.05) is 7.11 Å². The third-order valence-electron chi connectivity index (χ3n) is 2.12. The summed E-state index contributed by atoms with van der Waals surface area (Å²) in [6.45, 7) is 0. The van der Waals surface area contributed by atoms with Gasteiger partial charge in [0, 0.05) is 7.11 Å². The van der Waals surface area contributed by atoms with Gasteiger partial charge in [-0.05, 0) is 23.8 Å². The molecule has 92 valence electrons. The first-order chi connectivity index (χ1) is 8.02. The number of benzene rings is 1. The second-order valence-corrected chi connectivity index (χ2v) is 3.41. The molecule has 0 aliphatic rings. The number of halogens is 1. The smallest absolute Gasteiger partial charge is 0.335 e. The molecule has 0 heterocycles. The lowest BCUT2D eigenvalue weighted by Gasteiger charge is -2.05. The molecular weight excluding hydrogens is 227 g/mol. The predicted octanol–water partition coefficient (Wildman–Crippen LogP) is 2.05.